The van der Waals surface area contributed by atoms with Crippen LogP contribution in [0.15, 0.2) is 42.7 Å². The van der Waals surface area contributed by atoms with Crippen LogP contribution in [0.1, 0.15) is 17.5 Å². The molecule has 0 saturated carbocycles. The van der Waals surface area contributed by atoms with Crippen LogP contribution < -0.4 is 4.74 Å². The first kappa shape index (κ1) is 14.0. The lowest BCUT2D eigenvalue weighted by molar-refractivity contribution is 0.304. The largest absolute Gasteiger partial charge is 0.487 e. The number of aromatic nitrogens is 1. The van der Waals surface area contributed by atoms with Crippen molar-refractivity contribution in [3.8, 4) is 17.6 Å². The van der Waals surface area contributed by atoms with Crippen LogP contribution in [0.25, 0.3) is 0 Å². The summed E-state index contributed by atoms with van der Waals surface area (Å²) >= 11 is 0. The Morgan fingerprint density at radius 3 is 2.95 bits per heavy atom. The van der Waals surface area contributed by atoms with Crippen molar-refractivity contribution >= 4 is 0 Å². The minimum atomic E-state index is -0.284. The summed E-state index contributed by atoms with van der Waals surface area (Å²) in [5.74, 6) is 5.99. The van der Waals surface area contributed by atoms with E-state index in [0.29, 0.717) is 12.2 Å². The number of nitrogens with zero attached hydrogens (tertiary/aromatic N) is 1. The van der Waals surface area contributed by atoms with Crippen molar-refractivity contribution in [1.29, 1.82) is 0 Å². The van der Waals surface area contributed by atoms with Gasteiger partial charge in [-0.25, -0.2) is 4.39 Å². The number of benzene rings is 1. The highest BCUT2D eigenvalue weighted by Gasteiger charge is 1.99. The van der Waals surface area contributed by atoms with Crippen LogP contribution in [0, 0.1) is 17.7 Å². The van der Waals surface area contributed by atoms with Gasteiger partial charge in [-0.05, 0) is 23.8 Å². The zero-order chi connectivity index (χ0) is 14.2. The molecule has 1 heterocycles. The number of hydrogen-bond acceptors (Lipinski definition) is 3. The first-order valence-corrected chi connectivity index (χ1v) is 6.20. The molecule has 20 heavy (non-hydrogen) atoms. The monoisotopic (exact) mass is 271 g/mol. The van der Waals surface area contributed by atoms with Crippen LogP contribution in [0.3, 0.4) is 0 Å². The topological polar surface area (TPSA) is 42.4 Å². The summed E-state index contributed by atoms with van der Waals surface area (Å²) in [5.41, 5.74) is 1.47. The molecule has 0 aliphatic heterocycles. The van der Waals surface area contributed by atoms with E-state index in [9.17, 15) is 4.39 Å². The number of ether oxygens (including phenoxy) is 1. The Balaban J connectivity index is 2.00. The van der Waals surface area contributed by atoms with E-state index in [4.69, 9.17) is 9.84 Å². The molecule has 1 aromatic heterocycles. The Morgan fingerprint density at radius 2 is 2.15 bits per heavy atom. The van der Waals surface area contributed by atoms with E-state index in [0.717, 1.165) is 11.1 Å². The van der Waals surface area contributed by atoms with Gasteiger partial charge >= 0.3 is 0 Å². The van der Waals surface area contributed by atoms with Crippen LogP contribution in [0.2, 0.25) is 0 Å². The summed E-state index contributed by atoms with van der Waals surface area (Å²) < 4.78 is 18.6. The van der Waals surface area contributed by atoms with Gasteiger partial charge in [0.1, 0.15) is 18.2 Å². The third-order valence-corrected chi connectivity index (χ3v) is 2.48. The number of pyridine rings is 1. The van der Waals surface area contributed by atoms with Gasteiger partial charge in [-0.1, -0.05) is 24.0 Å². The van der Waals surface area contributed by atoms with Crippen molar-refractivity contribution in [2.45, 2.75) is 13.0 Å². The second kappa shape index (κ2) is 7.27. The molecule has 0 fully saturated rings. The summed E-state index contributed by atoms with van der Waals surface area (Å²) in [6.45, 7) is 0.309. The third kappa shape index (κ3) is 4.38. The third-order valence-electron chi connectivity index (χ3n) is 2.48. The highest BCUT2D eigenvalue weighted by atomic mass is 19.1. The first-order valence-electron chi connectivity index (χ1n) is 6.20. The predicted octanol–water partition coefficient (Wildman–Crippen LogP) is 2.53. The van der Waals surface area contributed by atoms with E-state index in [1.165, 1.54) is 12.1 Å². The molecular formula is C16H14FNO2. The van der Waals surface area contributed by atoms with Crippen molar-refractivity contribution < 1.29 is 14.2 Å². The van der Waals surface area contributed by atoms with Gasteiger partial charge in [0, 0.05) is 18.2 Å². The van der Waals surface area contributed by atoms with Crippen molar-refractivity contribution in [3.05, 3.63) is 59.7 Å². The maximum atomic E-state index is 13.0. The minimum Gasteiger partial charge on any atom is -0.487 e. The standard InChI is InChI=1S/C16H14FNO2/c17-15-6-3-5-14(8-15)12-20-16-9-13(10-18-11-16)4-1-2-7-19/h3,5-6,8-11,19H,2,7,12H2. The van der Waals surface area contributed by atoms with Gasteiger partial charge in [-0.2, -0.15) is 0 Å². The number of hydrogen-bond donors (Lipinski definition) is 1. The van der Waals surface area contributed by atoms with Crippen LogP contribution in [0.5, 0.6) is 5.75 Å². The smallest absolute Gasteiger partial charge is 0.139 e. The van der Waals surface area contributed by atoms with Crippen LogP contribution in [-0.2, 0) is 6.61 Å². The lowest BCUT2D eigenvalue weighted by Gasteiger charge is -2.06. The molecule has 0 spiro atoms. The van der Waals surface area contributed by atoms with E-state index in [-0.39, 0.29) is 19.0 Å². The second-order valence-corrected chi connectivity index (χ2v) is 4.10. The molecule has 102 valence electrons. The zero-order valence-electron chi connectivity index (χ0n) is 10.8. The normalized spacial score (nSPS) is 9.70. The van der Waals surface area contributed by atoms with E-state index in [2.05, 4.69) is 16.8 Å². The zero-order valence-corrected chi connectivity index (χ0v) is 10.8. The molecule has 0 amide bonds. The fraction of sp³-hybridized carbons (Fsp3) is 0.188. The number of halogens is 1. The summed E-state index contributed by atoms with van der Waals surface area (Å²) in [6.07, 6.45) is 3.63. The van der Waals surface area contributed by atoms with Gasteiger partial charge in [0.2, 0.25) is 0 Å². The molecular weight excluding hydrogens is 257 g/mol. The van der Waals surface area contributed by atoms with E-state index >= 15 is 0 Å². The summed E-state index contributed by atoms with van der Waals surface area (Å²) in [4.78, 5) is 4.03. The molecule has 2 rings (SSSR count). The lowest BCUT2D eigenvalue weighted by Crippen LogP contribution is -1.96. The summed E-state index contributed by atoms with van der Waals surface area (Å²) in [7, 11) is 0. The van der Waals surface area contributed by atoms with Gasteiger partial charge in [0.15, 0.2) is 0 Å². The molecule has 4 heteroatoms. The van der Waals surface area contributed by atoms with Gasteiger partial charge in [0.25, 0.3) is 0 Å². The maximum Gasteiger partial charge on any atom is 0.139 e. The first-order chi connectivity index (χ1) is 9.78. The van der Waals surface area contributed by atoms with Crippen molar-refractivity contribution in [2.24, 2.45) is 0 Å². The molecule has 0 aliphatic carbocycles. The second-order valence-electron chi connectivity index (χ2n) is 4.10. The molecule has 2 aromatic rings. The van der Waals surface area contributed by atoms with E-state index in [1.807, 2.05) is 0 Å². The molecule has 0 saturated heterocycles. The fourth-order valence-electron chi connectivity index (χ4n) is 1.58. The molecule has 3 nitrogen and oxygen atoms in total. The van der Waals surface area contributed by atoms with Crippen LogP contribution >= 0.6 is 0 Å². The molecule has 0 unspecified atom stereocenters. The lowest BCUT2D eigenvalue weighted by atomic mass is 10.2. The highest BCUT2D eigenvalue weighted by Crippen LogP contribution is 2.13. The van der Waals surface area contributed by atoms with Gasteiger partial charge < -0.3 is 9.84 Å². The molecule has 0 atom stereocenters. The molecule has 0 aliphatic rings. The van der Waals surface area contributed by atoms with Crippen LogP contribution in [0.4, 0.5) is 4.39 Å². The van der Waals surface area contributed by atoms with Gasteiger partial charge in [0.05, 0.1) is 12.8 Å². The Labute approximate surface area is 117 Å². The number of aliphatic hydroxyl groups excluding tert-OH is 1. The average molecular weight is 271 g/mol. The average Bonchev–Trinajstić information content (AvgIpc) is 2.46. The van der Waals surface area contributed by atoms with Crippen LogP contribution in [-0.4, -0.2) is 16.7 Å². The minimum absolute atomic E-state index is 0.0379. The summed E-state index contributed by atoms with van der Waals surface area (Å²) in [5, 5.41) is 8.66. The Kier molecular flexibility index (Phi) is 5.10. The molecule has 0 bridgehead atoms. The van der Waals surface area contributed by atoms with Crippen molar-refractivity contribution in [1.82, 2.24) is 4.98 Å². The van der Waals surface area contributed by atoms with Crippen molar-refractivity contribution in [2.75, 3.05) is 6.61 Å². The molecule has 0 radical (unpaired) electrons. The van der Waals surface area contributed by atoms with E-state index in [1.54, 1.807) is 30.6 Å². The maximum absolute atomic E-state index is 13.0. The Bertz CT molecular complexity index is 632. The Morgan fingerprint density at radius 1 is 1.25 bits per heavy atom. The number of aliphatic hydroxyl groups is 1. The Hall–Kier alpha value is -2.38. The molecule has 1 aromatic carbocycles. The van der Waals surface area contributed by atoms with Gasteiger partial charge in [-0.15, -0.1) is 0 Å². The van der Waals surface area contributed by atoms with E-state index < -0.39 is 0 Å². The SMILES string of the molecule is OCCC#Cc1cncc(OCc2cccc(F)c2)c1. The highest BCUT2D eigenvalue weighted by molar-refractivity contribution is 5.36. The predicted molar refractivity (Wildman–Crippen MR) is 73.5 cm³/mol. The van der Waals surface area contributed by atoms with Crippen molar-refractivity contribution in [3.63, 3.8) is 0 Å². The quantitative estimate of drug-likeness (QED) is 0.869. The molecule has 1 N–H and O–H groups in total. The fourth-order valence-corrected chi connectivity index (χ4v) is 1.58. The summed E-state index contributed by atoms with van der Waals surface area (Å²) in [6, 6.07) is 8.02. The van der Waals surface area contributed by atoms with Gasteiger partial charge in [-0.3, -0.25) is 4.98 Å². The number of rotatable bonds is 4.